The van der Waals surface area contributed by atoms with Gasteiger partial charge in [-0.3, -0.25) is 4.79 Å². The lowest BCUT2D eigenvalue weighted by molar-refractivity contribution is -0.885. The van der Waals surface area contributed by atoms with Crippen LogP contribution in [0, 0.1) is 0 Å². The van der Waals surface area contributed by atoms with Gasteiger partial charge in [-0.2, -0.15) is 0 Å². The van der Waals surface area contributed by atoms with Crippen molar-refractivity contribution < 1.29 is 24.0 Å². The number of nitrogens with one attached hydrogen (secondary N) is 2. The molecule has 0 radical (unpaired) electrons. The molecule has 3 N–H and O–H groups in total. The summed E-state index contributed by atoms with van der Waals surface area (Å²) in [5.74, 6) is 0.547. The maximum Gasteiger partial charge on any atom is 0.336 e. The van der Waals surface area contributed by atoms with Crippen molar-refractivity contribution in [2.24, 2.45) is 0 Å². The largest absolute Gasteiger partial charge is 0.508 e. The summed E-state index contributed by atoms with van der Waals surface area (Å²) in [7, 11) is 3.44. The number of ether oxygens (including phenoxy) is 1. The third kappa shape index (κ3) is 4.65. The molecule has 0 fully saturated rings. The van der Waals surface area contributed by atoms with Gasteiger partial charge < -0.3 is 24.5 Å². The van der Waals surface area contributed by atoms with E-state index in [0.29, 0.717) is 23.6 Å². The predicted octanol–water partition coefficient (Wildman–Crippen LogP) is 1.16. The van der Waals surface area contributed by atoms with E-state index >= 15 is 0 Å². The first-order chi connectivity index (χ1) is 12.9. The van der Waals surface area contributed by atoms with Crippen LogP contribution in [0.2, 0.25) is 0 Å². The second kappa shape index (κ2) is 7.92. The third-order valence-corrected chi connectivity index (χ3v) is 4.12. The zero-order valence-corrected chi connectivity index (χ0v) is 15.1. The molecule has 1 unspecified atom stereocenters. The average Bonchev–Trinajstić information content (AvgIpc) is 2.61. The highest BCUT2D eigenvalue weighted by Gasteiger charge is 2.14. The topological polar surface area (TPSA) is 93.2 Å². The van der Waals surface area contributed by atoms with Gasteiger partial charge in [0.1, 0.15) is 23.6 Å². The molecule has 27 heavy (non-hydrogen) atoms. The van der Waals surface area contributed by atoms with Gasteiger partial charge in [-0.25, -0.2) is 4.79 Å². The first-order valence-electron chi connectivity index (χ1n) is 8.45. The van der Waals surface area contributed by atoms with E-state index < -0.39 is 5.63 Å². The van der Waals surface area contributed by atoms with Crippen molar-refractivity contribution in [2.45, 2.75) is 6.54 Å². The second-order valence-electron chi connectivity index (χ2n) is 6.36. The number of carbonyl (C=O) groups is 1. The van der Waals surface area contributed by atoms with Crippen LogP contribution in [0.5, 0.6) is 11.5 Å². The highest BCUT2D eigenvalue weighted by atomic mass is 16.5. The van der Waals surface area contributed by atoms with Gasteiger partial charge in [0.25, 0.3) is 5.91 Å². The van der Waals surface area contributed by atoms with E-state index in [1.54, 1.807) is 37.4 Å². The molecule has 1 atom stereocenters. The summed E-state index contributed by atoms with van der Waals surface area (Å²) in [4.78, 5) is 25.0. The predicted molar refractivity (Wildman–Crippen MR) is 101 cm³/mol. The minimum Gasteiger partial charge on any atom is -0.508 e. The zero-order valence-electron chi connectivity index (χ0n) is 15.1. The molecule has 0 spiro atoms. The molecule has 0 aliphatic carbocycles. The number of likely N-dealkylation sites (N-methyl/N-ethyl adjacent to an activating group) is 1. The average molecular weight is 369 g/mol. The van der Waals surface area contributed by atoms with Gasteiger partial charge in [0, 0.05) is 34.8 Å². The smallest absolute Gasteiger partial charge is 0.336 e. The molecule has 0 saturated carbocycles. The summed E-state index contributed by atoms with van der Waals surface area (Å²) in [5, 5.41) is 13.1. The number of carbonyl (C=O) groups excluding carboxylic acids is 1. The first kappa shape index (κ1) is 18.5. The highest BCUT2D eigenvalue weighted by molar-refractivity contribution is 5.91. The van der Waals surface area contributed by atoms with Crippen molar-refractivity contribution in [2.75, 3.05) is 26.0 Å². The molecule has 0 saturated heterocycles. The minimum atomic E-state index is -0.489. The summed E-state index contributed by atoms with van der Waals surface area (Å²) in [6, 6.07) is 13.2. The van der Waals surface area contributed by atoms with E-state index in [9.17, 15) is 14.7 Å². The van der Waals surface area contributed by atoms with E-state index in [2.05, 4.69) is 5.32 Å². The van der Waals surface area contributed by atoms with Crippen molar-refractivity contribution in [1.82, 2.24) is 0 Å². The molecule has 3 aromatic rings. The first-order valence-corrected chi connectivity index (χ1v) is 8.45. The normalized spacial score (nSPS) is 11.9. The minimum absolute atomic E-state index is 0.0289. The summed E-state index contributed by atoms with van der Waals surface area (Å²) < 4.78 is 10.3. The van der Waals surface area contributed by atoms with Crippen molar-refractivity contribution in [3.8, 4) is 11.5 Å². The van der Waals surface area contributed by atoms with Crippen molar-refractivity contribution >= 4 is 22.6 Å². The van der Waals surface area contributed by atoms with Crippen LogP contribution in [0.15, 0.2) is 57.7 Å². The number of benzene rings is 2. The number of phenolic OH excluding ortho intramolecular Hbond substituents is 1. The number of fused-ring (bicyclic) bond motifs is 1. The molecule has 7 heteroatoms. The molecule has 2 aromatic carbocycles. The van der Waals surface area contributed by atoms with Gasteiger partial charge in [0.2, 0.25) is 0 Å². The molecule has 3 rings (SSSR count). The Morgan fingerprint density at radius 1 is 1.22 bits per heavy atom. The molecule has 1 amide bonds. The van der Waals surface area contributed by atoms with Crippen LogP contribution >= 0.6 is 0 Å². The van der Waals surface area contributed by atoms with E-state index in [0.717, 1.165) is 15.8 Å². The molecule has 140 valence electrons. The van der Waals surface area contributed by atoms with Crippen LogP contribution in [-0.2, 0) is 11.3 Å². The number of phenols is 1. The number of methoxy groups -OCH3 is 1. The number of rotatable bonds is 6. The van der Waals surface area contributed by atoms with Gasteiger partial charge >= 0.3 is 5.63 Å². The SMILES string of the molecule is COc1cccc(NC(=O)C[NH+](C)Cc2cc(=O)oc3cc(O)ccc23)c1. The lowest BCUT2D eigenvalue weighted by Crippen LogP contribution is -3.08. The number of hydrogen-bond acceptors (Lipinski definition) is 5. The Morgan fingerprint density at radius 2 is 2.04 bits per heavy atom. The molecular formula is C20H21N2O5+. The van der Waals surface area contributed by atoms with Gasteiger partial charge in [-0.15, -0.1) is 0 Å². The molecule has 7 nitrogen and oxygen atoms in total. The van der Waals surface area contributed by atoms with Gasteiger partial charge in [-0.1, -0.05) is 6.07 Å². The van der Waals surface area contributed by atoms with Crippen LogP contribution in [-0.4, -0.2) is 31.7 Å². The highest BCUT2D eigenvalue weighted by Crippen LogP contribution is 2.21. The molecule has 1 aromatic heterocycles. The summed E-state index contributed by atoms with van der Waals surface area (Å²) in [6.45, 7) is 0.676. The van der Waals surface area contributed by atoms with Crippen LogP contribution < -0.4 is 20.6 Å². The Labute approximate surface area is 155 Å². The number of anilines is 1. The molecule has 1 heterocycles. The quantitative estimate of drug-likeness (QED) is 0.567. The molecular weight excluding hydrogens is 348 g/mol. The van der Waals surface area contributed by atoms with Gasteiger partial charge in [-0.05, 0) is 24.3 Å². The Bertz CT molecular complexity index is 1030. The summed E-state index contributed by atoms with van der Waals surface area (Å²) in [6.07, 6.45) is 0. The van der Waals surface area contributed by atoms with E-state index in [4.69, 9.17) is 9.15 Å². The summed E-state index contributed by atoms with van der Waals surface area (Å²) in [5.41, 5.74) is 1.25. The maximum absolute atomic E-state index is 12.3. The van der Waals surface area contributed by atoms with Crippen molar-refractivity contribution in [1.29, 1.82) is 0 Å². The Kier molecular flexibility index (Phi) is 5.42. The fourth-order valence-corrected chi connectivity index (χ4v) is 2.93. The van der Waals surface area contributed by atoms with E-state index in [1.807, 2.05) is 7.05 Å². The van der Waals surface area contributed by atoms with Crippen LogP contribution in [0.3, 0.4) is 0 Å². The monoisotopic (exact) mass is 369 g/mol. The number of hydrogen-bond donors (Lipinski definition) is 3. The van der Waals surface area contributed by atoms with Crippen LogP contribution in [0.25, 0.3) is 11.0 Å². The van der Waals surface area contributed by atoms with Crippen LogP contribution in [0.1, 0.15) is 5.56 Å². The van der Waals surface area contributed by atoms with Gasteiger partial charge in [0.05, 0.1) is 14.2 Å². The molecule has 0 aliphatic rings. The maximum atomic E-state index is 12.3. The third-order valence-electron chi connectivity index (χ3n) is 4.12. The Morgan fingerprint density at radius 3 is 2.81 bits per heavy atom. The number of quaternary nitrogens is 1. The lowest BCUT2D eigenvalue weighted by atomic mass is 10.1. The van der Waals surface area contributed by atoms with Gasteiger partial charge in [0.15, 0.2) is 6.54 Å². The molecule has 0 aliphatic heterocycles. The Hall–Kier alpha value is -3.32. The second-order valence-corrected chi connectivity index (χ2v) is 6.36. The fourth-order valence-electron chi connectivity index (χ4n) is 2.93. The fraction of sp³-hybridized carbons (Fsp3) is 0.200. The Balaban J connectivity index is 1.70. The molecule has 0 bridgehead atoms. The number of aromatic hydroxyl groups is 1. The standard InChI is InChI=1S/C20H20N2O5/c1-22(12-19(24)21-14-4-3-5-16(9-14)26-2)11-13-8-20(25)27-18-10-15(23)6-7-17(13)18/h3-10,23H,11-12H2,1-2H3,(H,21,24)/p+1. The van der Waals surface area contributed by atoms with Crippen LogP contribution in [0.4, 0.5) is 5.69 Å². The van der Waals surface area contributed by atoms with E-state index in [1.165, 1.54) is 18.2 Å². The van der Waals surface area contributed by atoms with Crippen molar-refractivity contribution in [3.63, 3.8) is 0 Å². The summed E-state index contributed by atoms with van der Waals surface area (Å²) >= 11 is 0. The zero-order chi connectivity index (χ0) is 19.4. The van der Waals surface area contributed by atoms with E-state index in [-0.39, 0.29) is 18.2 Å². The number of amides is 1. The lowest BCUT2D eigenvalue weighted by Gasteiger charge is -2.15. The van der Waals surface area contributed by atoms with Crippen molar-refractivity contribution in [3.05, 3.63) is 64.5 Å².